The fourth-order valence-corrected chi connectivity index (χ4v) is 0.912. The molecule has 0 aliphatic heterocycles. The van der Waals surface area contributed by atoms with Crippen molar-refractivity contribution in [1.82, 2.24) is 0 Å². The van der Waals surface area contributed by atoms with Gasteiger partial charge in [0.25, 0.3) is 0 Å². The van der Waals surface area contributed by atoms with E-state index in [4.69, 9.17) is 0 Å². The van der Waals surface area contributed by atoms with Crippen LogP contribution in [0.1, 0.15) is 26.2 Å². The van der Waals surface area contributed by atoms with Crippen LogP contribution in [0, 0.1) is 0 Å². The van der Waals surface area contributed by atoms with Gasteiger partial charge in [-0.3, -0.25) is 0 Å². The standard InChI is InChI=1S/C9H11F7O/c1-2-3-4-5-6-7(10,8(11,12)13)17-9(14,15)16/h5-6H,2-4H2,1H3/b6-5+/t7-/m1/s1. The molecule has 1 nitrogen and oxygen atoms in total. The van der Waals surface area contributed by atoms with E-state index in [9.17, 15) is 30.7 Å². The van der Waals surface area contributed by atoms with E-state index >= 15 is 0 Å². The summed E-state index contributed by atoms with van der Waals surface area (Å²) < 4.78 is 86.8. The Bertz CT molecular complexity index is 255. The minimum atomic E-state index is -5.79. The molecule has 0 saturated carbocycles. The van der Waals surface area contributed by atoms with Gasteiger partial charge in [0.1, 0.15) is 0 Å². The van der Waals surface area contributed by atoms with E-state index in [1.807, 2.05) is 0 Å². The molecule has 0 heterocycles. The molecule has 0 aromatic heterocycles. The lowest BCUT2D eigenvalue weighted by Crippen LogP contribution is -2.45. The van der Waals surface area contributed by atoms with Crippen LogP contribution in [-0.4, -0.2) is 18.4 Å². The largest absolute Gasteiger partial charge is 0.525 e. The van der Waals surface area contributed by atoms with Crippen LogP contribution < -0.4 is 0 Å². The van der Waals surface area contributed by atoms with Crippen LogP contribution in [0.4, 0.5) is 30.7 Å². The second kappa shape index (κ2) is 5.70. The van der Waals surface area contributed by atoms with Gasteiger partial charge in [0.15, 0.2) is 0 Å². The van der Waals surface area contributed by atoms with Gasteiger partial charge in [-0.2, -0.15) is 17.6 Å². The maximum atomic E-state index is 13.1. The third-order valence-electron chi connectivity index (χ3n) is 1.71. The molecule has 8 heteroatoms. The number of unbranched alkanes of at least 4 members (excludes halogenated alkanes) is 2. The van der Waals surface area contributed by atoms with Gasteiger partial charge in [0.2, 0.25) is 0 Å². The van der Waals surface area contributed by atoms with Gasteiger partial charge < -0.3 is 0 Å². The Hall–Kier alpha value is -0.790. The number of hydrogen-bond donors (Lipinski definition) is 0. The Morgan fingerprint density at radius 3 is 1.88 bits per heavy atom. The molecule has 0 amide bonds. The van der Waals surface area contributed by atoms with E-state index in [0.717, 1.165) is 0 Å². The number of halogens is 7. The topological polar surface area (TPSA) is 9.23 Å². The van der Waals surface area contributed by atoms with Crippen molar-refractivity contribution >= 4 is 0 Å². The zero-order valence-corrected chi connectivity index (χ0v) is 8.83. The first-order valence-electron chi connectivity index (χ1n) is 4.72. The molecule has 0 spiro atoms. The van der Waals surface area contributed by atoms with Crippen LogP contribution in [0.3, 0.4) is 0 Å². The Balaban J connectivity index is 4.81. The monoisotopic (exact) mass is 268 g/mol. The van der Waals surface area contributed by atoms with Crippen LogP contribution >= 0.6 is 0 Å². The van der Waals surface area contributed by atoms with Crippen LogP contribution in [0.15, 0.2) is 12.2 Å². The van der Waals surface area contributed by atoms with Gasteiger partial charge in [-0.05, 0) is 12.5 Å². The van der Waals surface area contributed by atoms with Crippen molar-refractivity contribution in [3.63, 3.8) is 0 Å². The fraction of sp³-hybridized carbons (Fsp3) is 0.778. The summed E-state index contributed by atoms with van der Waals surface area (Å²) in [5, 5.41) is 0. The number of alkyl halides is 7. The molecule has 0 fully saturated rings. The van der Waals surface area contributed by atoms with E-state index in [-0.39, 0.29) is 12.5 Å². The molecular formula is C9H11F7O. The third kappa shape index (κ3) is 5.90. The van der Waals surface area contributed by atoms with Gasteiger partial charge >= 0.3 is 18.4 Å². The van der Waals surface area contributed by atoms with E-state index in [2.05, 4.69) is 4.74 Å². The summed E-state index contributed by atoms with van der Waals surface area (Å²) in [6.45, 7) is 1.73. The second-order valence-corrected chi connectivity index (χ2v) is 3.24. The summed E-state index contributed by atoms with van der Waals surface area (Å²) in [5.74, 6) is -4.83. The highest BCUT2D eigenvalue weighted by atomic mass is 19.4. The van der Waals surface area contributed by atoms with E-state index in [1.54, 1.807) is 6.92 Å². The Morgan fingerprint density at radius 1 is 1.00 bits per heavy atom. The molecular weight excluding hydrogens is 257 g/mol. The minimum Gasteiger partial charge on any atom is -0.242 e. The molecule has 0 saturated heterocycles. The first-order valence-corrected chi connectivity index (χ1v) is 4.72. The highest BCUT2D eigenvalue weighted by Crippen LogP contribution is 2.40. The Labute approximate surface area is 93.2 Å². The zero-order valence-electron chi connectivity index (χ0n) is 8.83. The number of hydrogen-bond acceptors (Lipinski definition) is 1. The van der Waals surface area contributed by atoms with Crippen molar-refractivity contribution < 1.29 is 35.5 Å². The average Bonchev–Trinajstić information content (AvgIpc) is 2.08. The summed E-state index contributed by atoms with van der Waals surface area (Å²) >= 11 is 0. The predicted molar refractivity (Wildman–Crippen MR) is 45.7 cm³/mol. The van der Waals surface area contributed by atoms with Crippen LogP contribution in [0.25, 0.3) is 0 Å². The highest BCUT2D eigenvalue weighted by Gasteiger charge is 2.61. The lowest BCUT2D eigenvalue weighted by atomic mass is 10.2. The number of allylic oxidation sites excluding steroid dienone is 1. The molecule has 0 aromatic rings. The first kappa shape index (κ1) is 16.2. The van der Waals surface area contributed by atoms with Crippen molar-refractivity contribution in [2.24, 2.45) is 0 Å². The molecule has 0 bridgehead atoms. The summed E-state index contributed by atoms with van der Waals surface area (Å²) in [7, 11) is 0. The normalized spacial score (nSPS) is 17.4. The van der Waals surface area contributed by atoms with Crippen molar-refractivity contribution in [1.29, 1.82) is 0 Å². The third-order valence-corrected chi connectivity index (χ3v) is 1.71. The Kier molecular flexibility index (Phi) is 5.44. The molecule has 0 aromatic carbocycles. The molecule has 0 radical (unpaired) electrons. The minimum absolute atomic E-state index is 0.0411. The van der Waals surface area contributed by atoms with Crippen LogP contribution in [0.5, 0.6) is 0 Å². The van der Waals surface area contributed by atoms with Gasteiger partial charge in [0.05, 0.1) is 0 Å². The molecule has 0 unspecified atom stereocenters. The maximum Gasteiger partial charge on any atom is 0.525 e. The lowest BCUT2D eigenvalue weighted by molar-refractivity contribution is -0.432. The average molecular weight is 268 g/mol. The zero-order chi connectivity index (χ0) is 13.7. The maximum absolute atomic E-state index is 13.1. The van der Waals surface area contributed by atoms with Crippen molar-refractivity contribution in [3.05, 3.63) is 12.2 Å². The summed E-state index contributed by atoms with van der Waals surface area (Å²) in [6, 6.07) is 0. The van der Waals surface area contributed by atoms with E-state index in [1.165, 1.54) is 0 Å². The summed E-state index contributed by atoms with van der Waals surface area (Å²) in [4.78, 5) is 0. The number of ether oxygens (including phenoxy) is 1. The van der Waals surface area contributed by atoms with Crippen molar-refractivity contribution in [2.75, 3.05) is 0 Å². The molecule has 17 heavy (non-hydrogen) atoms. The SMILES string of the molecule is CCCC/C=C/[C@@](F)(OC(F)(F)F)C(F)(F)F. The molecule has 0 aliphatic carbocycles. The first-order chi connectivity index (χ1) is 7.52. The smallest absolute Gasteiger partial charge is 0.242 e. The molecule has 1 atom stereocenters. The number of rotatable bonds is 5. The van der Waals surface area contributed by atoms with Gasteiger partial charge in [-0.1, -0.05) is 25.8 Å². The van der Waals surface area contributed by atoms with Gasteiger partial charge in [0, 0.05) is 0 Å². The van der Waals surface area contributed by atoms with E-state index < -0.39 is 18.4 Å². The molecule has 0 aliphatic rings. The quantitative estimate of drug-likeness (QED) is 0.405. The highest BCUT2D eigenvalue weighted by molar-refractivity contribution is 5.00. The lowest BCUT2D eigenvalue weighted by Gasteiger charge is -2.25. The summed E-state index contributed by atoms with van der Waals surface area (Å²) in [6.07, 6.45) is -9.96. The second-order valence-electron chi connectivity index (χ2n) is 3.24. The van der Waals surface area contributed by atoms with Crippen LogP contribution in [-0.2, 0) is 4.74 Å². The molecule has 102 valence electrons. The fourth-order valence-electron chi connectivity index (χ4n) is 0.912. The van der Waals surface area contributed by atoms with Crippen molar-refractivity contribution in [3.8, 4) is 0 Å². The predicted octanol–water partition coefficient (Wildman–Crippen LogP) is 4.50. The van der Waals surface area contributed by atoms with E-state index in [0.29, 0.717) is 18.9 Å². The Morgan fingerprint density at radius 2 is 1.53 bits per heavy atom. The van der Waals surface area contributed by atoms with Gasteiger partial charge in [-0.15, -0.1) is 13.2 Å². The summed E-state index contributed by atoms with van der Waals surface area (Å²) in [5.41, 5.74) is 0. The molecule has 0 N–H and O–H groups in total. The molecule has 0 rings (SSSR count). The van der Waals surface area contributed by atoms with Crippen molar-refractivity contribution in [2.45, 2.75) is 44.6 Å². The van der Waals surface area contributed by atoms with Gasteiger partial charge in [-0.25, -0.2) is 4.74 Å². The van der Waals surface area contributed by atoms with Crippen LogP contribution in [0.2, 0.25) is 0 Å².